The minimum atomic E-state index is -0.270. The molecule has 2 amide bonds. The Bertz CT molecular complexity index is 692. The van der Waals surface area contributed by atoms with Crippen molar-refractivity contribution < 1.29 is 18.7 Å². The number of nitrogens with one attached hydrogen (secondary N) is 1. The Morgan fingerprint density at radius 1 is 1.43 bits per heavy atom. The number of methoxy groups -OCH3 is 1. The lowest BCUT2D eigenvalue weighted by Crippen LogP contribution is -2.50. The summed E-state index contributed by atoms with van der Waals surface area (Å²) >= 11 is 0. The number of benzene rings is 1. The van der Waals surface area contributed by atoms with Crippen LogP contribution >= 0.6 is 0 Å². The molecule has 0 saturated carbocycles. The Morgan fingerprint density at radius 2 is 2.24 bits per heavy atom. The highest BCUT2D eigenvalue weighted by atomic mass is 16.5. The Labute approximate surface area is 121 Å². The van der Waals surface area contributed by atoms with E-state index in [1.165, 1.54) is 4.90 Å². The molecule has 1 aliphatic heterocycles. The van der Waals surface area contributed by atoms with Crippen LogP contribution < -0.4 is 5.32 Å². The van der Waals surface area contributed by atoms with Crippen molar-refractivity contribution in [1.82, 2.24) is 10.2 Å². The van der Waals surface area contributed by atoms with Gasteiger partial charge in [0.15, 0.2) is 5.76 Å². The van der Waals surface area contributed by atoms with Gasteiger partial charge < -0.3 is 19.4 Å². The highest BCUT2D eigenvalue weighted by Crippen LogP contribution is 2.27. The van der Waals surface area contributed by atoms with Gasteiger partial charge >= 0.3 is 0 Å². The van der Waals surface area contributed by atoms with Gasteiger partial charge in [-0.05, 0) is 6.07 Å². The average molecular weight is 288 g/mol. The van der Waals surface area contributed by atoms with E-state index in [4.69, 9.17) is 9.15 Å². The van der Waals surface area contributed by atoms with Gasteiger partial charge in [-0.3, -0.25) is 9.59 Å². The van der Waals surface area contributed by atoms with Crippen LogP contribution in [-0.2, 0) is 16.1 Å². The van der Waals surface area contributed by atoms with Gasteiger partial charge in [0.2, 0.25) is 5.91 Å². The number of amides is 2. The van der Waals surface area contributed by atoms with Crippen LogP contribution in [-0.4, -0.2) is 43.5 Å². The van der Waals surface area contributed by atoms with Crippen molar-refractivity contribution >= 4 is 22.8 Å². The second-order valence-electron chi connectivity index (χ2n) is 4.92. The molecule has 0 radical (unpaired) electrons. The van der Waals surface area contributed by atoms with Crippen LogP contribution in [0, 0.1) is 0 Å². The minimum Gasteiger partial charge on any atom is -0.451 e. The van der Waals surface area contributed by atoms with Crippen LogP contribution in [0.5, 0.6) is 0 Å². The quantitative estimate of drug-likeness (QED) is 0.919. The zero-order valence-corrected chi connectivity index (χ0v) is 11.7. The molecule has 1 aromatic heterocycles. The monoisotopic (exact) mass is 288 g/mol. The van der Waals surface area contributed by atoms with Crippen LogP contribution in [0.4, 0.5) is 0 Å². The molecule has 2 heterocycles. The third-order valence-corrected chi connectivity index (χ3v) is 3.51. The standard InChI is InChI=1S/C15H16N2O4/c1-20-9-11-10-4-2-3-5-12(10)21-14(11)15(19)17-7-6-16-13(18)8-17/h2-5H,6-9H2,1H3,(H,16,18). The third-order valence-electron chi connectivity index (χ3n) is 3.51. The maximum absolute atomic E-state index is 12.6. The zero-order valence-electron chi connectivity index (χ0n) is 11.7. The molecule has 0 bridgehead atoms. The number of hydrogen-bond acceptors (Lipinski definition) is 4. The molecule has 0 aliphatic carbocycles. The molecule has 1 aliphatic rings. The van der Waals surface area contributed by atoms with Crippen LogP contribution in [0.15, 0.2) is 28.7 Å². The summed E-state index contributed by atoms with van der Waals surface area (Å²) in [6, 6.07) is 7.45. The molecule has 1 N–H and O–H groups in total. The van der Waals surface area contributed by atoms with Crippen LogP contribution in [0.3, 0.4) is 0 Å². The number of rotatable bonds is 3. The van der Waals surface area contributed by atoms with E-state index >= 15 is 0 Å². The fourth-order valence-corrected chi connectivity index (χ4v) is 2.51. The SMILES string of the molecule is COCc1c(C(=O)N2CCNC(=O)C2)oc2ccccc12. The Balaban J connectivity index is 2.00. The lowest BCUT2D eigenvalue weighted by molar-refractivity contribution is -0.123. The van der Waals surface area contributed by atoms with Gasteiger partial charge in [-0.25, -0.2) is 0 Å². The van der Waals surface area contributed by atoms with Crippen molar-refractivity contribution in [3.8, 4) is 0 Å². The van der Waals surface area contributed by atoms with E-state index in [0.29, 0.717) is 18.7 Å². The molecule has 110 valence electrons. The molecule has 6 heteroatoms. The molecule has 6 nitrogen and oxygen atoms in total. The molecule has 1 saturated heterocycles. The highest BCUT2D eigenvalue weighted by Gasteiger charge is 2.28. The predicted octanol–water partition coefficient (Wildman–Crippen LogP) is 1.15. The van der Waals surface area contributed by atoms with Crippen molar-refractivity contribution in [3.05, 3.63) is 35.6 Å². The van der Waals surface area contributed by atoms with Gasteiger partial charge in [0.25, 0.3) is 5.91 Å². The zero-order chi connectivity index (χ0) is 14.8. The highest BCUT2D eigenvalue weighted by molar-refractivity contribution is 6.00. The molecule has 0 spiro atoms. The summed E-state index contributed by atoms with van der Waals surface area (Å²) in [5.74, 6) is -0.167. The topological polar surface area (TPSA) is 71.8 Å². The van der Waals surface area contributed by atoms with Crippen LogP contribution in [0.2, 0.25) is 0 Å². The number of fused-ring (bicyclic) bond motifs is 1. The Morgan fingerprint density at radius 3 is 3.00 bits per heavy atom. The Kier molecular flexibility index (Phi) is 3.62. The second kappa shape index (κ2) is 5.57. The maximum atomic E-state index is 12.6. The number of hydrogen-bond donors (Lipinski definition) is 1. The summed E-state index contributed by atoms with van der Waals surface area (Å²) in [5, 5.41) is 3.56. The number of nitrogens with zero attached hydrogens (tertiary/aromatic N) is 1. The number of para-hydroxylation sites is 1. The van der Waals surface area contributed by atoms with Crippen molar-refractivity contribution in [2.75, 3.05) is 26.7 Å². The third kappa shape index (κ3) is 2.50. The maximum Gasteiger partial charge on any atom is 0.290 e. The molecule has 0 unspecified atom stereocenters. The molecular formula is C15H16N2O4. The summed E-state index contributed by atoms with van der Waals surface area (Å²) < 4.78 is 10.9. The van der Waals surface area contributed by atoms with Gasteiger partial charge in [-0.15, -0.1) is 0 Å². The lowest BCUT2D eigenvalue weighted by atomic mass is 10.1. The fourth-order valence-electron chi connectivity index (χ4n) is 2.51. The number of piperazine rings is 1. The molecule has 2 aromatic rings. The molecule has 3 rings (SSSR count). The smallest absolute Gasteiger partial charge is 0.290 e. The van der Waals surface area contributed by atoms with Crippen molar-refractivity contribution in [2.45, 2.75) is 6.61 Å². The van der Waals surface area contributed by atoms with E-state index in [2.05, 4.69) is 5.32 Å². The van der Waals surface area contributed by atoms with Gasteiger partial charge in [-0.2, -0.15) is 0 Å². The number of carbonyl (C=O) groups is 2. The van der Waals surface area contributed by atoms with E-state index in [-0.39, 0.29) is 30.7 Å². The second-order valence-corrected chi connectivity index (χ2v) is 4.92. The van der Waals surface area contributed by atoms with Gasteiger partial charge in [0.05, 0.1) is 6.61 Å². The first-order chi connectivity index (χ1) is 10.2. The van der Waals surface area contributed by atoms with E-state index < -0.39 is 0 Å². The first-order valence-corrected chi connectivity index (χ1v) is 6.76. The fraction of sp³-hybridized carbons (Fsp3) is 0.333. The van der Waals surface area contributed by atoms with E-state index in [0.717, 1.165) is 10.9 Å². The minimum absolute atomic E-state index is 0.0578. The summed E-state index contributed by atoms with van der Waals surface area (Å²) in [7, 11) is 1.57. The van der Waals surface area contributed by atoms with Gasteiger partial charge in [0, 0.05) is 31.1 Å². The molecule has 1 aromatic carbocycles. The van der Waals surface area contributed by atoms with Crippen molar-refractivity contribution in [3.63, 3.8) is 0 Å². The van der Waals surface area contributed by atoms with Crippen LogP contribution in [0.1, 0.15) is 16.1 Å². The first-order valence-electron chi connectivity index (χ1n) is 6.76. The summed E-state index contributed by atoms with van der Waals surface area (Å²) in [5.41, 5.74) is 1.37. The summed E-state index contributed by atoms with van der Waals surface area (Å²) in [6.45, 7) is 1.29. The average Bonchev–Trinajstić information content (AvgIpc) is 2.86. The van der Waals surface area contributed by atoms with E-state index in [1.54, 1.807) is 7.11 Å². The van der Waals surface area contributed by atoms with Crippen molar-refractivity contribution in [1.29, 1.82) is 0 Å². The Hall–Kier alpha value is -2.34. The van der Waals surface area contributed by atoms with E-state index in [9.17, 15) is 9.59 Å². The summed E-state index contributed by atoms with van der Waals surface area (Å²) in [4.78, 5) is 25.5. The van der Waals surface area contributed by atoms with Crippen LogP contribution in [0.25, 0.3) is 11.0 Å². The van der Waals surface area contributed by atoms with Gasteiger partial charge in [0.1, 0.15) is 12.1 Å². The molecule has 0 atom stereocenters. The molecular weight excluding hydrogens is 272 g/mol. The normalized spacial score (nSPS) is 15.3. The van der Waals surface area contributed by atoms with Gasteiger partial charge in [-0.1, -0.05) is 18.2 Å². The number of furan rings is 1. The lowest BCUT2D eigenvalue weighted by Gasteiger charge is -2.26. The number of carbonyl (C=O) groups excluding carboxylic acids is 2. The summed E-state index contributed by atoms with van der Waals surface area (Å²) in [6.07, 6.45) is 0. The first kappa shape index (κ1) is 13.6. The van der Waals surface area contributed by atoms with Crippen molar-refractivity contribution in [2.24, 2.45) is 0 Å². The molecule has 21 heavy (non-hydrogen) atoms. The predicted molar refractivity (Wildman–Crippen MR) is 75.8 cm³/mol. The largest absolute Gasteiger partial charge is 0.451 e. The van der Waals surface area contributed by atoms with E-state index in [1.807, 2.05) is 24.3 Å². The molecule has 1 fully saturated rings. The number of ether oxygens (including phenoxy) is 1.